The highest BCUT2D eigenvalue weighted by Gasteiger charge is 2.36. The number of aromatic nitrogens is 1. The van der Waals surface area contributed by atoms with Crippen LogP contribution in [0.5, 0.6) is 0 Å². The van der Waals surface area contributed by atoms with Crippen LogP contribution in [-0.2, 0) is 11.2 Å². The zero-order valence-corrected chi connectivity index (χ0v) is 11.2. The Labute approximate surface area is 109 Å². The van der Waals surface area contributed by atoms with Crippen LogP contribution in [0.3, 0.4) is 0 Å². The molecule has 0 spiro atoms. The highest BCUT2D eigenvalue weighted by Crippen LogP contribution is 2.36. The van der Waals surface area contributed by atoms with Crippen LogP contribution in [0, 0.1) is 5.92 Å². The quantitative estimate of drug-likeness (QED) is 0.770. The van der Waals surface area contributed by atoms with E-state index in [-0.39, 0.29) is 0 Å². The molecule has 0 aromatic carbocycles. The van der Waals surface area contributed by atoms with Gasteiger partial charge < -0.3 is 15.8 Å². The molecule has 4 nitrogen and oxygen atoms in total. The monoisotopic (exact) mass is 249 g/mol. The standard InChI is InChI=1S/C14H23N3O/c1-3-18-13(10-6-7-10)12(16-2)9-11-5-4-8-17-14(11)15/h4-5,8,10,12-13,16H,3,6-7,9H2,1-2H3,(H2,15,17). The van der Waals surface area contributed by atoms with Crippen molar-refractivity contribution in [2.24, 2.45) is 5.92 Å². The molecule has 18 heavy (non-hydrogen) atoms. The Morgan fingerprint density at radius 2 is 2.33 bits per heavy atom. The molecule has 1 fully saturated rings. The number of nitrogen functional groups attached to an aromatic ring is 1. The van der Waals surface area contributed by atoms with Gasteiger partial charge in [-0.2, -0.15) is 0 Å². The molecule has 1 saturated carbocycles. The first-order valence-electron chi connectivity index (χ1n) is 6.74. The van der Waals surface area contributed by atoms with Gasteiger partial charge in [0, 0.05) is 18.8 Å². The van der Waals surface area contributed by atoms with Crippen molar-refractivity contribution in [1.29, 1.82) is 0 Å². The second-order valence-corrected chi connectivity index (χ2v) is 4.90. The maximum absolute atomic E-state index is 5.91. The minimum atomic E-state index is 0.291. The van der Waals surface area contributed by atoms with Crippen molar-refractivity contribution in [1.82, 2.24) is 10.3 Å². The van der Waals surface area contributed by atoms with Crippen LogP contribution < -0.4 is 11.1 Å². The van der Waals surface area contributed by atoms with Gasteiger partial charge in [-0.1, -0.05) is 6.07 Å². The lowest BCUT2D eigenvalue weighted by atomic mass is 9.98. The van der Waals surface area contributed by atoms with Crippen molar-refractivity contribution in [2.45, 2.75) is 38.3 Å². The number of pyridine rings is 1. The fraction of sp³-hybridized carbons (Fsp3) is 0.643. The summed E-state index contributed by atoms with van der Waals surface area (Å²) in [4.78, 5) is 4.14. The average molecular weight is 249 g/mol. The SMILES string of the molecule is CCOC(C1CC1)C(Cc1cccnc1N)NC. The van der Waals surface area contributed by atoms with Crippen LogP contribution >= 0.6 is 0 Å². The average Bonchev–Trinajstić information content (AvgIpc) is 3.20. The molecule has 1 heterocycles. The number of rotatable bonds is 7. The summed E-state index contributed by atoms with van der Waals surface area (Å²) in [5.41, 5.74) is 7.01. The molecule has 0 aliphatic heterocycles. The first-order chi connectivity index (χ1) is 8.76. The number of hydrogen-bond donors (Lipinski definition) is 2. The van der Waals surface area contributed by atoms with Crippen molar-refractivity contribution in [2.75, 3.05) is 19.4 Å². The van der Waals surface area contributed by atoms with Gasteiger partial charge in [-0.3, -0.25) is 0 Å². The van der Waals surface area contributed by atoms with Crippen molar-refractivity contribution in [3.63, 3.8) is 0 Å². The normalized spacial score (nSPS) is 18.6. The van der Waals surface area contributed by atoms with Crippen LogP contribution in [0.4, 0.5) is 5.82 Å². The molecule has 0 amide bonds. The van der Waals surface area contributed by atoms with E-state index in [1.54, 1.807) is 6.20 Å². The van der Waals surface area contributed by atoms with Crippen LogP contribution in [-0.4, -0.2) is 30.8 Å². The largest absolute Gasteiger partial charge is 0.383 e. The maximum atomic E-state index is 5.91. The van der Waals surface area contributed by atoms with Crippen molar-refractivity contribution in [3.8, 4) is 0 Å². The molecule has 2 unspecified atom stereocenters. The summed E-state index contributed by atoms with van der Waals surface area (Å²) in [7, 11) is 1.99. The summed E-state index contributed by atoms with van der Waals surface area (Å²) in [6, 6.07) is 4.29. The Morgan fingerprint density at radius 1 is 1.56 bits per heavy atom. The van der Waals surface area contributed by atoms with E-state index < -0.39 is 0 Å². The lowest BCUT2D eigenvalue weighted by Gasteiger charge is -2.27. The second-order valence-electron chi connectivity index (χ2n) is 4.90. The first-order valence-corrected chi connectivity index (χ1v) is 6.74. The van der Waals surface area contributed by atoms with E-state index in [1.807, 2.05) is 19.2 Å². The zero-order valence-electron chi connectivity index (χ0n) is 11.2. The van der Waals surface area contributed by atoms with Gasteiger partial charge in [0.05, 0.1) is 6.10 Å². The third-order valence-electron chi connectivity index (χ3n) is 3.58. The fourth-order valence-corrected chi connectivity index (χ4v) is 2.44. The van der Waals surface area contributed by atoms with Gasteiger partial charge >= 0.3 is 0 Å². The van der Waals surface area contributed by atoms with E-state index in [9.17, 15) is 0 Å². The summed E-state index contributed by atoms with van der Waals surface area (Å²) in [6.45, 7) is 2.82. The summed E-state index contributed by atoms with van der Waals surface area (Å²) < 4.78 is 5.91. The highest BCUT2D eigenvalue weighted by atomic mass is 16.5. The Kier molecular flexibility index (Phi) is 4.55. The molecule has 1 aromatic rings. The molecule has 0 bridgehead atoms. The van der Waals surface area contributed by atoms with Crippen LogP contribution in [0.25, 0.3) is 0 Å². The van der Waals surface area contributed by atoms with E-state index in [4.69, 9.17) is 10.5 Å². The Hall–Kier alpha value is -1.13. The zero-order chi connectivity index (χ0) is 13.0. The number of nitrogens with one attached hydrogen (secondary N) is 1. The number of ether oxygens (including phenoxy) is 1. The second kappa shape index (κ2) is 6.16. The van der Waals surface area contributed by atoms with Gasteiger partial charge in [-0.25, -0.2) is 4.98 Å². The number of hydrogen-bond acceptors (Lipinski definition) is 4. The molecular formula is C14H23N3O. The Bertz CT molecular complexity index is 379. The number of nitrogens with zero attached hydrogens (tertiary/aromatic N) is 1. The minimum absolute atomic E-state index is 0.291. The Balaban J connectivity index is 2.05. The van der Waals surface area contributed by atoms with Gasteiger partial charge in [0.15, 0.2) is 0 Å². The molecule has 3 N–H and O–H groups in total. The Morgan fingerprint density at radius 3 is 2.89 bits per heavy atom. The molecule has 0 saturated heterocycles. The van der Waals surface area contributed by atoms with Crippen LogP contribution in [0.15, 0.2) is 18.3 Å². The van der Waals surface area contributed by atoms with E-state index in [2.05, 4.69) is 17.2 Å². The molecule has 4 heteroatoms. The predicted octanol–water partition coefficient (Wildman–Crippen LogP) is 1.61. The van der Waals surface area contributed by atoms with E-state index in [0.717, 1.165) is 18.6 Å². The predicted molar refractivity (Wildman–Crippen MR) is 73.3 cm³/mol. The molecule has 2 atom stereocenters. The highest BCUT2D eigenvalue weighted by molar-refractivity contribution is 5.39. The van der Waals surface area contributed by atoms with Crippen LogP contribution in [0.1, 0.15) is 25.3 Å². The molecule has 1 aliphatic rings. The summed E-state index contributed by atoms with van der Waals surface area (Å²) >= 11 is 0. The molecule has 1 aromatic heterocycles. The lowest BCUT2D eigenvalue weighted by molar-refractivity contribution is 0.0211. The van der Waals surface area contributed by atoms with E-state index >= 15 is 0 Å². The van der Waals surface area contributed by atoms with Crippen molar-refractivity contribution < 1.29 is 4.74 Å². The first kappa shape index (κ1) is 13.3. The van der Waals surface area contributed by atoms with Gasteiger partial charge in [0.1, 0.15) is 5.82 Å². The minimum Gasteiger partial charge on any atom is -0.383 e. The van der Waals surface area contributed by atoms with Gasteiger partial charge in [0.2, 0.25) is 0 Å². The van der Waals surface area contributed by atoms with Crippen molar-refractivity contribution >= 4 is 5.82 Å². The van der Waals surface area contributed by atoms with Crippen LogP contribution in [0.2, 0.25) is 0 Å². The smallest absolute Gasteiger partial charge is 0.126 e. The molecule has 0 radical (unpaired) electrons. The summed E-state index contributed by atoms with van der Waals surface area (Å²) in [6.07, 6.45) is 5.46. The topological polar surface area (TPSA) is 60.2 Å². The lowest BCUT2D eigenvalue weighted by Crippen LogP contribution is -2.42. The van der Waals surface area contributed by atoms with Gasteiger partial charge in [-0.05, 0) is 50.8 Å². The third-order valence-corrected chi connectivity index (χ3v) is 3.58. The number of likely N-dealkylation sites (N-methyl/N-ethyl adjacent to an activating group) is 1. The van der Waals surface area contributed by atoms with Gasteiger partial charge in [-0.15, -0.1) is 0 Å². The van der Waals surface area contributed by atoms with E-state index in [0.29, 0.717) is 23.9 Å². The molecule has 2 rings (SSSR count). The van der Waals surface area contributed by atoms with E-state index in [1.165, 1.54) is 12.8 Å². The van der Waals surface area contributed by atoms with Gasteiger partial charge in [0.25, 0.3) is 0 Å². The number of anilines is 1. The summed E-state index contributed by atoms with van der Waals surface area (Å²) in [5.74, 6) is 1.34. The fourth-order valence-electron chi connectivity index (χ4n) is 2.44. The van der Waals surface area contributed by atoms with Crippen molar-refractivity contribution in [3.05, 3.63) is 23.9 Å². The molecule has 100 valence electrons. The molecular weight excluding hydrogens is 226 g/mol. The maximum Gasteiger partial charge on any atom is 0.126 e. The number of nitrogens with two attached hydrogens (primary N) is 1. The third kappa shape index (κ3) is 3.21. The molecule has 1 aliphatic carbocycles. The summed E-state index contributed by atoms with van der Waals surface area (Å²) in [5, 5.41) is 3.38.